The van der Waals surface area contributed by atoms with Crippen molar-refractivity contribution in [3.05, 3.63) is 29.6 Å². The number of halogens is 1. The van der Waals surface area contributed by atoms with Gasteiger partial charge in [-0.05, 0) is 31.5 Å². The molecule has 0 amide bonds. The minimum Gasteiger partial charge on any atom is -0.391 e. The van der Waals surface area contributed by atoms with Crippen molar-refractivity contribution in [1.82, 2.24) is 0 Å². The number of aliphatic hydroxyl groups is 1. The molecule has 1 aliphatic heterocycles. The van der Waals surface area contributed by atoms with Gasteiger partial charge in [0.1, 0.15) is 5.82 Å². The fraction of sp³-hybridized carbons (Fsp3) is 0.417. The molecule has 0 unspecified atom stereocenters. The lowest BCUT2D eigenvalue weighted by Crippen LogP contribution is -2.28. The quantitative estimate of drug-likeness (QED) is 0.783. The first-order chi connectivity index (χ1) is 7.61. The smallest absolute Gasteiger partial charge is 0.147 e. The highest BCUT2D eigenvalue weighted by Gasteiger charge is 2.29. The van der Waals surface area contributed by atoms with Crippen LogP contribution in [-0.4, -0.2) is 23.8 Å². The molecule has 0 saturated carbocycles. The number of nitrogens with zero attached hydrogens (tertiary/aromatic N) is 2. The molecule has 1 fully saturated rings. The van der Waals surface area contributed by atoms with Crippen LogP contribution in [0.3, 0.4) is 0 Å². The summed E-state index contributed by atoms with van der Waals surface area (Å²) in [7, 11) is 0. The summed E-state index contributed by atoms with van der Waals surface area (Å²) in [5, 5.41) is 18.1. The van der Waals surface area contributed by atoms with Gasteiger partial charge in [-0.1, -0.05) is 0 Å². The Hall–Kier alpha value is -1.60. The van der Waals surface area contributed by atoms with Crippen LogP contribution >= 0.6 is 0 Å². The van der Waals surface area contributed by atoms with E-state index < -0.39 is 11.9 Å². The molecule has 0 bridgehead atoms. The summed E-state index contributed by atoms with van der Waals surface area (Å²) < 4.78 is 13.7. The van der Waals surface area contributed by atoms with Crippen LogP contribution in [0.1, 0.15) is 18.9 Å². The van der Waals surface area contributed by atoms with Crippen molar-refractivity contribution in [2.45, 2.75) is 25.5 Å². The average molecular weight is 220 g/mol. The number of rotatable bonds is 1. The van der Waals surface area contributed by atoms with E-state index in [9.17, 15) is 9.50 Å². The van der Waals surface area contributed by atoms with Gasteiger partial charge in [-0.3, -0.25) is 0 Å². The number of β-amino-alcohol motifs (C(OH)–C–C–N with tert-alkyl or cyclic N) is 1. The van der Waals surface area contributed by atoms with Gasteiger partial charge in [0.15, 0.2) is 0 Å². The Morgan fingerprint density at radius 1 is 1.56 bits per heavy atom. The second kappa shape index (κ2) is 4.11. The molecule has 0 radical (unpaired) electrons. The predicted molar refractivity (Wildman–Crippen MR) is 58.5 cm³/mol. The molecule has 0 spiro atoms. The van der Waals surface area contributed by atoms with Crippen LogP contribution in [0.2, 0.25) is 0 Å². The molecule has 84 valence electrons. The van der Waals surface area contributed by atoms with Crippen molar-refractivity contribution >= 4 is 5.69 Å². The van der Waals surface area contributed by atoms with Gasteiger partial charge in [-0.2, -0.15) is 5.26 Å². The van der Waals surface area contributed by atoms with Crippen LogP contribution in [0, 0.1) is 17.1 Å². The van der Waals surface area contributed by atoms with E-state index in [0.717, 1.165) is 0 Å². The molecule has 0 aliphatic carbocycles. The molecule has 1 saturated heterocycles. The molecule has 2 rings (SSSR count). The maximum Gasteiger partial charge on any atom is 0.147 e. The van der Waals surface area contributed by atoms with Gasteiger partial charge in [-0.15, -0.1) is 0 Å². The first kappa shape index (κ1) is 10.9. The third kappa shape index (κ3) is 1.86. The van der Waals surface area contributed by atoms with Gasteiger partial charge in [-0.25, -0.2) is 4.39 Å². The van der Waals surface area contributed by atoms with E-state index in [1.165, 1.54) is 6.07 Å². The maximum absolute atomic E-state index is 13.7. The highest BCUT2D eigenvalue weighted by molar-refractivity contribution is 5.52. The lowest BCUT2D eigenvalue weighted by molar-refractivity contribution is 0.195. The topological polar surface area (TPSA) is 47.3 Å². The van der Waals surface area contributed by atoms with Crippen molar-refractivity contribution in [3.8, 4) is 6.07 Å². The highest BCUT2D eigenvalue weighted by Crippen LogP contribution is 2.28. The van der Waals surface area contributed by atoms with E-state index in [4.69, 9.17) is 5.26 Å². The van der Waals surface area contributed by atoms with E-state index in [1.54, 1.807) is 12.1 Å². The number of anilines is 1. The molecule has 4 heteroatoms. The number of aliphatic hydroxyl groups excluding tert-OH is 1. The fourth-order valence-electron chi connectivity index (χ4n) is 2.15. The Kier molecular flexibility index (Phi) is 2.80. The zero-order valence-electron chi connectivity index (χ0n) is 9.02. The van der Waals surface area contributed by atoms with Crippen LogP contribution in [0.4, 0.5) is 10.1 Å². The Bertz CT molecular complexity index is 441. The van der Waals surface area contributed by atoms with Crippen molar-refractivity contribution in [1.29, 1.82) is 5.26 Å². The molecule has 3 nitrogen and oxygen atoms in total. The molecule has 2 atom stereocenters. The Balaban J connectivity index is 2.31. The van der Waals surface area contributed by atoms with Gasteiger partial charge in [0.2, 0.25) is 0 Å². The van der Waals surface area contributed by atoms with Crippen molar-refractivity contribution in [2.75, 3.05) is 11.4 Å². The monoisotopic (exact) mass is 220 g/mol. The minimum atomic E-state index is -0.403. The zero-order chi connectivity index (χ0) is 11.7. The second-order valence-corrected chi connectivity index (χ2v) is 4.17. The molecule has 1 heterocycles. The van der Waals surface area contributed by atoms with E-state index in [2.05, 4.69) is 0 Å². The van der Waals surface area contributed by atoms with Gasteiger partial charge in [0, 0.05) is 12.6 Å². The molecule has 0 aromatic heterocycles. The molecular formula is C12H13FN2O. The second-order valence-electron chi connectivity index (χ2n) is 4.17. The number of benzene rings is 1. The Morgan fingerprint density at radius 2 is 2.31 bits per heavy atom. The van der Waals surface area contributed by atoms with Crippen LogP contribution < -0.4 is 4.90 Å². The van der Waals surface area contributed by atoms with Crippen LogP contribution in [0.15, 0.2) is 18.2 Å². The summed E-state index contributed by atoms with van der Waals surface area (Å²) in [6.45, 7) is 2.40. The summed E-state index contributed by atoms with van der Waals surface area (Å²) in [6.07, 6.45) is 0.254. The SMILES string of the molecule is C[C@H]1C[C@H](O)CN1c1ccc(C#N)cc1F. The largest absolute Gasteiger partial charge is 0.391 e. The molecular weight excluding hydrogens is 207 g/mol. The summed E-state index contributed by atoms with van der Waals surface area (Å²) in [5.41, 5.74) is 0.775. The lowest BCUT2D eigenvalue weighted by Gasteiger charge is -2.23. The summed E-state index contributed by atoms with van der Waals surface area (Å²) >= 11 is 0. The first-order valence-corrected chi connectivity index (χ1v) is 5.26. The first-order valence-electron chi connectivity index (χ1n) is 5.26. The van der Waals surface area contributed by atoms with Crippen molar-refractivity contribution in [3.63, 3.8) is 0 Å². The third-order valence-electron chi connectivity index (χ3n) is 2.94. The third-order valence-corrected chi connectivity index (χ3v) is 2.94. The number of hydrogen-bond acceptors (Lipinski definition) is 3. The zero-order valence-corrected chi connectivity index (χ0v) is 9.02. The Morgan fingerprint density at radius 3 is 2.81 bits per heavy atom. The molecule has 1 N–H and O–H groups in total. The fourth-order valence-corrected chi connectivity index (χ4v) is 2.15. The van der Waals surface area contributed by atoms with E-state index >= 15 is 0 Å². The summed E-state index contributed by atoms with van der Waals surface area (Å²) in [4.78, 5) is 1.83. The van der Waals surface area contributed by atoms with E-state index in [1.807, 2.05) is 17.9 Å². The summed E-state index contributed by atoms with van der Waals surface area (Å²) in [6, 6.07) is 6.44. The standard InChI is InChI=1S/C12H13FN2O/c1-8-4-10(16)7-15(8)12-3-2-9(6-14)5-11(12)13/h2-3,5,8,10,16H,4,7H2,1H3/t8-,10-/m0/s1. The molecule has 1 aromatic carbocycles. The number of hydrogen-bond donors (Lipinski definition) is 1. The van der Waals surface area contributed by atoms with Gasteiger partial charge >= 0.3 is 0 Å². The summed E-state index contributed by atoms with van der Waals surface area (Å²) in [5.74, 6) is -0.403. The van der Waals surface area contributed by atoms with Crippen molar-refractivity contribution in [2.24, 2.45) is 0 Å². The van der Waals surface area contributed by atoms with Crippen LogP contribution in [0.25, 0.3) is 0 Å². The predicted octanol–water partition coefficient (Wildman–Crippen LogP) is 1.66. The van der Waals surface area contributed by atoms with E-state index in [0.29, 0.717) is 24.2 Å². The Labute approximate surface area is 93.7 Å². The van der Waals surface area contributed by atoms with Crippen LogP contribution in [-0.2, 0) is 0 Å². The van der Waals surface area contributed by atoms with Gasteiger partial charge in [0.05, 0.1) is 23.4 Å². The van der Waals surface area contributed by atoms with Crippen LogP contribution in [0.5, 0.6) is 0 Å². The molecule has 16 heavy (non-hydrogen) atoms. The van der Waals surface area contributed by atoms with Gasteiger partial charge in [0.25, 0.3) is 0 Å². The van der Waals surface area contributed by atoms with Crippen molar-refractivity contribution < 1.29 is 9.50 Å². The van der Waals surface area contributed by atoms with Gasteiger partial charge < -0.3 is 10.0 Å². The number of nitriles is 1. The maximum atomic E-state index is 13.7. The van der Waals surface area contributed by atoms with E-state index in [-0.39, 0.29) is 6.04 Å². The molecule has 1 aromatic rings. The normalized spacial score (nSPS) is 24.5. The minimum absolute atomic E-state index is 0.123. The lowest BCUT2D eigenvalue weighted by atomic mass is 10.2. The molecule has 1 aliphatic rings. The average Bonchev–Trinajstić information content (AvgIpc) is 2.57. The highest BCUT2D eigenvalue weighted by atomic mass is 19.1.